The van der Waals surface area contributed by atoms with Crippen LogP contribution in [0.2, 0.25) is 0 Å². The molecular weight excluding hydrogens is 295 g/mol. The Hall–Kier alpha value is -1.46. The molecule has 1 aromatic rings. The number of aliphatic hydroxyl groups is 1. The van der Waals surface area contributed by atoms with Gasteiger partial charge in [-0.2, -0.15) is 0 Å². The average Bonchev–Trinajstić information content (AvgIpc) is 2.55. The molecular formula is C18H25FN2O2. The quantitative estimate of drug-likeness (QED) is 0.900. The van der Waals surface area contributed by atoms with Crippen LogP contribution in [-0.4, -0.2) is 41.1 Å². The van der Waals surface area contributed by atoms with Gasteiger partial charge < -0.3 is 10.4 Å². The summed E-state index contributed by atoms with van der Waals surface area (Å²) in [6.45, 7) is 1.70. The van der Waals surface area contributed by atoms with E-state index >= 15 is 0 Å². The minimum absolute atomic E-state index is 0.0283. The van der Waals surface area contributed by atoms with Crippen molar-refractivity contribution in [3.63, 3.8) is 0 Å². The van der Waals surface area contributed by atoms with E-state index in [0.29, 0.717) is 5.69 Å². The minimum atomic E-state index is -0.344. The molecule has 0 unspecified atom stereocenters. The van der Waals surface area contributed by atoms with Crippen LogP contribution in [0.1, 0.15) is 38.5 Å². The topological polar surface area (TPSA) is 52.6 Å². The van der Waals surface area contributed by atoms with Crippen LogP contribution in [0, 0.1) is 11.7 Å². The van der Waals surface area contributed by atoms with Gasteiger partial charge in [0.05, 0.1) is 6.10 Å². The summed E-state index contributed by atoms with van der Waals surface area (Å²) in [4.78, 5) is 14.7. The number of likely N-dealkylation sites (tertiary alicyclic amines) is 1. The van der Waals surface area contributed by atoms with E-state index in [4.69, 9.17) is 0 Å². The average molecular weight is 320 g/mol. The van der Waals surface area contributed by atoms with E-state index in [1.165, 1.54) is 18.6 Å². The Morgan fingerprint density at radius 3 is 2.61 bits per heavy atom. The van der Waals surface area contributed by atoms with Crippen LogP contribution in [0.25, 0.3) is 0 Å². The fraction of sp³-hybridized carbons (Fsp3) is 0.611. The molecule has 1 aliphatic heterocycles. The number of halogens is 1. The first-order valence-electron chi connectivity index (χ1n) is 8.62. The normalized spacial score (nSPS) is 26.9. The van der Waals surface area contributed by atoms with Gasteiger partial charge in [0, 0.05) is 17.6 Å². The highest BCUT2D eigenvalue weighted by Crippen LogP contribution is 2.28. The maximum atomic E-state index is 13.2. The van der Waals surface area contributed by atoms with Gasteiger partial charge in [-0.25, -0.2) is 4.39 Å². The van der Waals surface area contributed by atoms with Gasteiger partial charge >= 0.3 is 0 Å². The van der Waals surface area contributed by atoms with Crippen molar-refractivity contribution in [2.75, 3.05) is 18.4 Å². The first-order valence-corrected chi connectivity index (χ1v) is 8.62. The Morgan fingerprint density at radius 1 is 1.17 bits per heavy atom. The third kappa shape index (κ3) is 4.09. The number of anilines is 1. The zero-order valence-corrected chi connectivity index (χ0v) is 13.4. The van der Waals surface area contributed by atoms with Gasteiger partial charge in [0.2, 0.25) is 5.91 Å². The molecule has 126 valence electrons. The van der Waals surface area contributed by atoms with E-state index in [1.54, 1.807) is 12.1 Å². The number of nitrogens with one attached hydrogen (secondary N) is 1. The molecule has 2 fully saturated rings. The maximum absolute atomic E-state index is 13.2. The predicted octanol–water partition coefficient (Wildman–Crippen LogP) is 2.78. The van der Waals surface area contributed by atoms with Crippen LogP contribution in [-0.2, 0) is 4.79 Å². The van der Waals surface area contributed by atoms with E-state index < -0.39 is 0 Å². The molecule has 0 radical (unpaired) electrons. The molecule has 1 amide bonds. The summed E-state index contributed by atoms with van der Waals surface area (Å²) in [7, 11) is 0. The van der Waals surface area contributed by atoms with Crippen LogP contribution < -0.4 is 5.32 Å². The summed E-state index contributed by atoms with van der Waals surface area (Å²) in [5, 5.41) is 13.0. The van der Waals surface area contributed by atoms with Crippen LogP contribution >= 0.6 is 0 Å². The smallest absolute Gasteiger partial charge is 0.227 e. The number of amides is 1. The molecule has 3 rings (SSSR count). The van der Waals surface area contributed by atoms with E-state index in [9.17, 15) is 14.3 Å². The van der Waals surface area contributed by atoms with Gasteiger partial charge in [-0.3, -0.25) is 9.69 Å². The van der Waals surface area contributed by atoms with Crippen molar-refractivity contribution in [2.45, 2.75) is 50.7 Å². The molecule has 0 aromatic heterocycles. The summed E-state index contributed by atoms with van der Waals surface area (Å²) >= 11 is 0. The van der Waals surface area contributed by atoms with Crippen molar-refractivity contribution < 1.29 is 14.3 Å². The highest BCUT2D eigenvalue weighted by Gasteiger charge is 2.33. The first kappa shape index (κ1) is 16.4. The monoisotopic (exact) mass is 320 g/mol. The molecule has 1 saturated carbocycles. The molecule has 2 aliphatic rings. The minimum Gasteiger partial charge on any atom is -0.391 e. The predicted molar refractivity (Wildman–Crippen MR) is 87.6 cm³/mol. The van der Waals surface area contributed by atoms with Crippen LogP contribution in [0.3, 0.4) is 0 Å². The van der Waals surface area contributed by atoms with Crippen molar-refractivity contribution in [2.24, 2.45) is 5.92 Å². The summed E-state index contributed by atoms with van der Waals surface area (Å²) in [6.07, 6.45) is 5.62. The van der Waals surface area contributed by atoms with Gasteiger partial charge in [-0.15, -0.1) is 0 Å². The molecule has 4 nitrogen and oxygen atoms in total. The maximum Gasteiger partial charge on any atom is 0.227 e. The van der Waals surface area contributed by atoms with E-state index in [-0.39, 0.29) is 29.8 Å². The van der Waals surface area contributed by atoms with Crippen molar-refractivity contribution in [3.05, 3.63) is 30.1 Å². The number of carbonyl (C=O) groups is 1. The number of benzene rings is 1. The second kappa shape index (κ2) is 7.41. The number of nitrogens with zero attached hydrogens (tertiary/aromatic N) is 1. The van der Waals surface area contributed by atoms with Gasteiger partial charge in [0.1, 0.15) is 5.82 Å². The molecule has 0 spiro atoms. The first-order chi connectivity index (χ1) is 11.1. The van der Waals surface area contributed by atoms with Crippen molar-refractivity contribution in [1.82, 2.24) is 4.90 Å². The number of piperidine rings is 1. The van der Waals surface area contributed by atoms with Crippen molar-refractivity contribution in [1.29, 1.82) is 0 Å². The Bertz CT molecular complexity index is 544. The lowest BCUT2D eigenvalue weighted by atomic mass is 9.88. The Balaban J connectivity index is 1.51. The summed E-state index contributed by atoms with van der Waals surface area (Å²) in [5.41, 5.74) is 0.514. The number of hydrogen-bond acceptors (Lipinski definition) is 3. The third-order valence-electron chi connectivity index (χ3n) is 5.16. The van der Waals surface area contributed by atoms with E-state index in [2.05, 4.69) is 10.2 Å². The zero-order chi connectivity index (χ0) is 16.2. The molecule has 2 atom stereocenters. The van der Waals surface area contributed by atoms with Crippen LogP contribution in [0.5, 0.6) is 0 Å². The Labute approximate surface area is 136 Å². The molecule has 0 bridgehead atoms. The van der Waals surface area contributed by atoms with Crippen LogP contribution in [0.4, 0.5) is 10.1 Å². The number of rotatable bonds is 3. The molecule has 5 heteroatoms. The molecule has 23 heavy (non-hydrogen) atoms. The lowest BCUT2D eigenvalue weighted by molar-refractivity contribution is -0.121. The van der Waals surface area contributed by atoms with Gasteiger partial charge in [0.15, 0.2) is 0 Å². The lowest BCUT2D eigenvalue weighted by Gasteiger charge is -2.41. The summed E-state index contributed by atoms with van der Waals surface area (Å²) in [6, 6.07) is 6.26. The third-order valence-corrected chi connectivity index (χ3v) is 5.16. The standard InChI is InChI=1S/C18H25FN2O2/c19-14-4-3-5-15(12-14)20-18(23)13-8-10-21(11-9-13)16-6-1-2-7-17(16)22/h3-5,12-13,16-17,22H,1-2,6-11H2,(H,20,23)/t16-,17+/m1/s1. The van der Waals surface area contributed by atoms with Gasteiger partial charge in [-0.1, -0.05) is 18.9 Å². The van der Waals surface area contributed by atoms with Crippen molar-refractivity contribution in [3.8, 4) is 0 Å². The highest BCUT2D eigenvalue weighted by atomic mass is 19.1. The fourth-order valence-electron chi connectivity index (χ4n) is 3.82. The summed E-state index contributed by atoms with van der Waals surface area (Å²) in [5.74, 6) is -0.404. The molecule has 1 heterocycles. The largest absolute Gasteiger partial charge is 0.391 e. The molecule has 1 aromatic carbocycles. The van der Waals surface area contributed by atoms with Gasteiger partial charge in [0.25, 0.3) is 0 Å². The number of carbonyl (C=O) groups excluding carboxylic acids is 1. The molecule has 2 N–H and O–H groups in total. The molecule has 1 aliphatic carbocycles. The second-order valence-electron chi connectivity index (χ2n) is 6.73. The van der Waals surface area contributed by atoms with E-state index in [0.717, 1.165) is 45.2 Å². The van der Waals surface area contributed by atoms with Crippen molar-refractivity contribution >= 4 is 11.6 Å². The summed E-state index contributed by atoms with van der Waals surface area (Å²) < 4.78 is 13.2. The zero-order valence-electron chi connectivity index (χ0n) is 13.4. The fourth-order valence-corrected chi connectivity index (χ4v) is 3.82. The van der Waals surface area contributed by atoms with Crippen LogP contribution in [0.15, 0.2) is 24.3 Å². The second-order valence-corrected chi connectivity index (χ2v) is 6.73. The number of hydrogen-bond donors (Lipinski definition) is 2. The number of aliphatic hydroxyl groups excluding tert-OH is 1. The SMILES string of the molecule is O=C(Nc1cccc(F)c1)C1CCN([C@@H]2CCCC[C@@H]2O)CC1. The lowest BCUT2D eigenvalue weighted by Crippen LogP contribution is -2.49. The highest BCUT2D eigenvalue weighted by molar-refractivity contribution is 5.92. The molecule has 1 saturated heterocycles. The van der Waals surface area contributed by atoms with Gasteiger partial charge in [-0.05, 0) is 57.0 Å². The van der Waals surface area contributed by atoms with E-state index in [1.807, 2.05) is 0 Å². The Morgan fingerprint density at radius 2 is 1.91 bits per heavy atom. The Kier molecular flexibility index (Phi) is 5.28.